The topological polar surface area (TPSA) is 61.4 Å². The highest BCUT2D eigenvalue weighted by Crippen LogP contribution is 2.28. The maximum absolute atomic E-state index is 11.1. The van der Waals surface area contributed by atoms with Crippen molar-refractivity contribution in [2.75, 3.05) is 26.2 Å². The number of carbonyl (C=O) groups excluding carboxylic acids is 1. The van der Waals surface area contributed by atoms with Crippen LogP contribution in [0.3, 0.4) is 0 Å². The third-order valence-electron chi connectivity index (χ3n) is 2.06. The summed E-state index contributed by atoms with van der Waals surface area (Å²) in [7, 11) is 0. The van der Waals surface area contributed by atoms with Gasteiger partial charge in [0.15, 0.2) is 0 Å². The van der Waals surface area contributed by atoms with Crippen molar-refractivity contribution in [3.05, 3.63) is 0 Å². The van der Waals surface area contributed by atoms with E-state index in [4.69, 9.17) is 5.11 Å². The van der Waals surface area contributed by atoms with E-state index >= 15 is 0 Å². The first-order valence-electron chi connectivity index (χ1n) is 4.94. The van der Waals surface area contributed by atoms with Crippen LogP contribution in [0.5, 0.6) is 0 Å². The first kappa shape index (κ1) is 10.5. The van der Waals surface area contributed by atoms with Gasteiger partial charge in [0.05, 0.1) is 0 Å². The quantitative estimate of drug-likeness (QED) is 0.469. The number of aliphatic hydroxyl groups is 1. The van der Waals surface area contributed by atoms with E-state index in [0.717, 1.165) is 32.4 Å². The van der Waals surface area contributed by atoms with E-state index in [2.05, 4.69) is 10.6 Å². The molecule has 1 aliphatic carbocycles. The summed E-state index contributed by atoms with van der Waals surface area (Å²) in [6, 6.07) is 0. The predicted octanol–water partition coefficient (Wildman–Crippen LogP) is -0.515. The van der Waals surface area contributed by atoms with Crippen LogP contribution in [0.25, 0.3) is 0 Å². The second-order valence-electron chi connectivity index (χ2n) is 3.39. The molecule has 1 rings (SSSR count). The zero-order valence-corrected chi connectivity index (χ0v) is 7.88. The molecule has 3 N–H and O–H groups in total. The van der Waals surface area contributed by atoms with Gasteiger partial charge in [0.2, 0.25) is 5.91 Å². The minimum absolute atomic E-state index is 0.198. The maximum Gasteiger partial charge on any atom is 0.223 e. The maximum atomic E-state index is 11.1. The number of hydrogen-bond acceptors (Lipinski definition) is 3. The molecule has 0 radical (unpaired) electrons. The van der Waals surface area contributed by atoms with Gasteiger partial charge in [-0.3, -0.25) is 4.79 Å². The Labute approximate surface area is 78.7 Å². The summed E-state index contributed by atoms with van der Waals surface area (Å²) in [5.41, 5.74) is 0. The normalized spacial score (nSPS) is 15.8. The molecule has 13 heavy (non-hydrogen) atoms. The molecule has 1 saturated carbocycles. The van der Waals surface area contributed by atoms with Crippen LogP contribution in [0.15, 0.2) is 0 Å². The van der Waals surface area contributed by atoms with Gasteiger partial charge in [-0.15, -0.1) is 0 Å². The van der Waals surface area contributed by atoms with Crippen LogP contribution in [0, 0.1) is 5.92 Å². The van der Waals surface area contributed by atoms with Crippen molar-refractivity contribution in [2.45, 2.75) is 19.3 Å². The van der Waals surface area contributed by atoms with E-state index in [1.165, 1.54) is 0 Å². The summed E-state index contributed by atoms with van der Waals surface area (Å²) in [6.45, 7) is 2.52. The molecule has 0 spiro atoms. The number of hydrogen-bond donors (Lipinski definition) is 3. The molecular weight excluding hydrogens is 168 g/mol. The molecule has 1 aliphatic rings. The Bertz CT molecular complexity index is 158. The fourth-order valence-corrected chi connectivity index (χ4v) is 1.09. The minimum Gasteiger partial charge on any atom is -0.396 e. The van der Waals surface area contributed by atoms with E-state index in [9.17, 15) is 4.79 Å². The van der Waals surface area contributed by atoms with Crippen LogP contribution in [-0.2, 0) is 4.79 Å². The molecule has 0 aromatic heterocycles. The third kappa shape index (κ3) is 4.85. The van der Waals surface area contributed by atoms with Gasteiger partial charge in [-0.25, -0.2) is 0 Å². The summed E-state index contributed by atoms with van der Waals surface area (Å²) >= 11 is 0. The van der Waals surface area contributed by atoms with Crippen LogP contribution in [-0.4, -0.2) is 37.3 Å². The number of aliphatic hydroxyl groups excluding tert-OH is 1. The summed E-state index contributed by atoms with van der Waals surface area (Å²) in [5.74, 6) is 0.501. The molecule has 0 aromatic rings. The van der Waals surface area contributed by atoms with Gasteiger partial charge in [-0.1, -0.05) is 0 Å². The largest absolute Gasteiger partial charge is 0.396 e. The van der Waals surface area contributed by atoms with E-state index in [-0.39, 0.29) is 12.5 Å². The molecule has 0 unspecified atom stereocenters. The molecule has 0 saturated heterocycles. The average Bonchev–Trinajstić information content (AvgIpc) is 2.93. The molecular formula is C9H18N2O2. The molecule has 0 aromatic carbocycles. The Kier molecular flexibility index (Phi) is 4.78. The van der Waals surface area contributed by atoms with E-state index in [0.29, 0.717) is 12.5 Å². The summed E-state index contributed by atoms with van der Waals surface area (Å²) < 4.78 is 0. The van der Waals surface area contributed by atoms with E-state index in [1.54, 1.807) is 0 Å². The first-order valence-corrected chi connectivity index (χ1v) is 4.94. The van der Waals surface area contributed by atoms with Gasteiger partial charge in [-0.05, 0) is 25.8 Å². The van der Waals surface area contributed by atoms with E-state index < -0.39 is 0 Å². The van der Waals surface area contributed by atoms with Gasteiger partial charge in [0.1, 0.15) is 0 Å². The van der Waals surface area contributed by atoms with Crippen LogP contribution in [0.1, 0.15) is 19.3 Å². The van der Waals surface area contributed by atoms with Gasteiger partial charge in [0.25, 0.3) is 0 Å². The molecule has 1 amide bonds. The standard InChI is InChI=1S/C9H18N2O2/c12-7-1-4-10-5-6-11-9(13)8-2-3-8/h8,10,12H,1-7H2,(H,11,13). The van der Waals surface area contributed by atoms with Crippen LogP contribution < -0.4 is 10.6 Å². The van der Waals surface area contributed by atoms with Crippen molar-refractivity contribution in [1.82, 2.24) is 10.6 Å². The Morgan fingerprint density at radius 2 is 2.08 bits per heavy atom. The minimum atomic E-state index is 0.198. The molecule has 4 heteroatoms. The van der Waals surface area contributed by atoms with Gasteiger partial charge in [0, 0.05) is 25.6 Å². The lowest BCUT2D eigenvalue weighted by molar-refractivity contribution is -0.122. The molecule has 76 valence electrons. The first-order chi connectivity index (χ1) is 6.34. The molecule has 0 aliphatic heterocycles. The van der Waals surface area contributed by atoms with Crippen LogP contribution >= 0.6 is 0 Å². The Balaban J connectivity index is 1.80. The number of amides is 1. The monoisotopic (exact) mass is 186 g/mol. The van der Waals surface area contributed by atoms with Crippen molar-refractivity contribution in [1.29, 1.82) is 0 Å². The summed E-state index contributed by atoms with van der Waals surface area (Å²) in [4.78, 5) is 11.1. The lowest BCUT2D eigenvalue weighted by atomic mass is 10.4. The second-order valence-corrected chi connectivity index (χ2v) is 3.39. The Hall–Kier alpha value is -0.610. The van der Waals surface area contributed by atoms with Crippen molar-refractivity contribution < 1.29 is 9.90 Å². The van der Waals surface area contributed by atoms with E-state index in [1.807, 2.05) is 0 Å². The highest BCUT2D eigenvalue weighted by Gasteiger charge is 2.28. The fraction of sp³-hybridized carbons (Fsp3) is 0.889. The third-order valence-corrected chi connectivity index (χ3v) is 2.06. The lowest BCUT2D eigenvalue weighted by Gasteiger charge is -2.05. The zero-order chi connectivity index (χ0) is 9.52. The highest BCUT2D eigenvalue weighted by atomic mass is 16.3. The summed E-state index contributed by atoms with van der Waals surface area (Å²) in [5, 5.41) is 14.5. The van der Waals surface area contributed by atoms with Crippen LogP contribution in [0.4, 0.5) is 0 Å². The molecule has 1 fully saturated rings. The zero-order valence-electron chi connectivity index (χ0n) is 7.88. The summed E-state index contributed by atoms with van der Waals surface area (Å²) in [6.07, 6.45) is 2.89. The highest BCUT2D eigenvalue weighted by molar-refractivity contribution is 5.80. The average molecular weight is 186 g/mol. The fourth-order valence-electron chi connectivity index (χ4n) is 1.09. The number of rotatable bonds is 7. The Morgan fingerprint density at radius 3 is 2.69 bits per heavy atom. The number of carbonyl (C=O) groups is 1. The predicted molar refractivity (Wildman–Crippen MR) is 50.3 cm³/mol. The Morgan fingerprint density at radius 1 is 1.31 bits per heavy atom. The van der Waals surface area contributed by atoms with Gasteiger partial charge in [-0.2, -0.15) is 0 Å². The van der Waals surface area contributed by atoms with Crippen LogP contribution in [0.2, 0.25) is 0 Å². The van der Waals surface area contributed by atoms with Gasteiger partial charge >= 0.3 is 0 Å². The number of nitrogens with one attached hydrogen (secondary N) is 2. The van der Waals surface area contributed by atoms with Crippen molar-refractivity contribution >= 4 is 5.91 Å². The second kappa shape index (κ2) is 5.94. The smallest absolute Gasteiger partial charge is 0.223 e. The SMILES string of the molecule is O=C(NCCNCCCO)C1CC1. The molecule has 0 atom stereocenters. The molecule has 0 bridgehead atoms. The van der Waals surface area contributed by atoms with Gasteiger partial charge < -0.3 is 15.7 Å². The molecule has 0 heterocycles. The lowest BCUT2D eigenvalue weighted by Crippen LogP contribution is -2.33. The van der Waals surface area contributed by atoms with Crippen molar-refractivity contribution in [2.24, 2.45) is 5.92 Å². The molecule has 4 nitrogen and oxygen atoms in total. The van der Waals surface area contributed by atoms with Crippen molar-refractivity contribution in [3.63, 3.8) is 0 Å². The van der Waals surface area contributed by atoms with Crippen molar-refractivity contribution in [3.8, 4) is 0 Å².